The smallest absolute Gasteiger partial charge is 0.248 e. The number of benzene rings is 1. The van der Waals surface area contributed by atoms with Crippen molar-refractivity contribution in [3.63, 3.8) is 0 Å². The van der Waals surface area contributed by atoms with Crippen molar-refractivity contribution in [1.82, 2.24) is 29.6 Å². The van der Waals surface area contributed by atoms with Gasteiger partial charge in [0.2, 0.25) is 11.8 Å². The van der Waals surface area contributed by atoms with E-state index in [4.69, 9.17) is 0 Å². The number of carbonyl (C=O) groups is 3. The van der Waals surface area contributed by atoms with Crippen molar-refractivity contribution in [2.75, 3.05) is 5.32 Å². The number of aryl methyl sites for hydroxylation is 3. The predicted octanol–water partition coefficient (Wildman–Crippen LogP) is 4.80. The Morgan fingerprint density at radius 2 is 1.80 bits per heavy atom. The number of Topliss-reactive ketones (excluding diaryl/α,β-unsaturated/α-hetero) is 1. The normalized spacial score (nSPS) is 21.2. The third kappa shape index (κ3) is 4.81. The summed E-state index contributed by atoms with van der Waals surface area (Å²) in [6.07, 6.45) is 4.96. The van der Waals surface area contributed by atoms with Crippen LogP contribution in [0.5, 0.6) is 0 Å². The summed E-state index contributed by atoms with van der Waals surface area (Å²) in [5.74, 6) is 0.490. The van der Waals surface area contributed by atoms with Gasteiger partial charge in [0.1, 0.15) is 34.5 Å². The van der Waals surface area contributed by atoms with E-state index in [-0.39, 0.29) is 35.6 Å². The highest BCUT2D eigenvalue weighted by Crippen LogP contribution is 2.59. The fraction of sp³-hybridized carbons (Fsp3) is 0.367. The summed E-state index contributed by atoms with van der Waals surface area (Å²) in [5.41, 5.74) is 4.40. The highest BCUT2D eigenvalue weighted by molar-refractivity contribution is 9.10. The summed E-state index contributed by atoms with van der Waals surface area (Å²) >= 11 is 3.36. The lowest BCUT2D eigenvalue weighted by Gasteiger charge is -2.27. The maximum Gasteiger partial charge on any atom is 0.248 e. The number of hydrogen-bond donors (Lipinski definition) is 1. The molecule has 41 heavy (non-hydrogen) atoms. The molecule has 0 unspecified atom stereocenters. The molecule has 210 valence electrons. The molecule has 4 heterocycles. The van der Waals surface area contributed by atoms with Crippen LogP contribution in [-0.2, 0) is 16.1 Å². The van der Waals surface area contributed by atoms with Gasteiger partial charge in [-0.05, 0) is 89.8 Å². The van der Waals surface area contributed by atoms with Crippen molar-refractivity contribution in [2.24, 2.45) is 5.41 Å². The molecule has 1 saturated carbocycles. The molecule has 3 atom stereocenters. The average Bonchev–Trinajstić information content (AvgIpc) is 3.29. The summed E-state index contributed by atoms with van der Waals surface area (Å²) in [6.45, 7) is 9.17. The molecule has 2 amide bonds. The van der Waals surface area contributed by atoms with Gasteiger partial charge in [0.05, 0.1) is 5.52 Å². The number of carbonyl (C=O) groups excluding carboxylic acids is 3. The Labute approximate surface area is 245 Å². The first-order valence-electron chi connectivity index (χ1n) is 13.5. The standard InChI is InChI=1S/C30H30BrN7O3/c1-15-6-7-25(31)34-28(15)35-29(41)23-10-30(5)11-24(30)38(23)26(40)14-37-22-8-16(2)20(19-12-32-18(4)33-13-19)9-21(22)27(36-37)17(3)39/h6-9,12-13,23-24H,10-11,14H2,1-5H3,(H,34,35,41)/t23-,24+,30-/m0/s1. The van der Waals surface area contributed by atoms with Gasteiger partial charge in [0.25, 0.3) is 0 Å². The zero-order valence-electron chi connectivity index (χ0n) is 23.5. The summed E-state index contributed by atoms with van der Waals surface area (Å²) in [4.78, 5) is 54.7. The van der Waals surface area contributed by atoms with Gasteiger partial charge in [-0.3, -0.25) is 19.1 Å². The first-order chi connectivity index (χ1) is 19.4. The van der Waals surface area contributed by atoms with E-state index in [1.807, 2.05) is 45.0 Å². The van der Waals surface area contributed by atoms with Gasteiger partial charge in [-0.2, -0.15) is 5.10 Å². The number of amides is 2. The molecule has 1 saturated heterocycles. The first kappa shape index (κ1) is 27.2. The Hall–Kier alpha value is -3.99. The minimum absolute atomic E-state index is 0.00806. The molecule has 6 rings (SSSR count). The van der Waals surface area contributed by atoms with Crippen LogP contribution in [0.4, 0.5) is 5.82 Å². The van der Waals surface area contributed by atoms with Gasteiger partial charge in [-0.15, -0.1) is 0 Å². The van der Waals surface area contributed by atoms with Crippen molar-refractivity contribution in [2.45, 2.75) is 66.1 Å². The van der Waals surface area contributed by atoms with E-state index in [0.29, 0.717) is 39.3 Å². The number of nitrogens with zero attached hydrogens (tertiary/aromatic N) is 6. The maximum atomic E-state index is 13.9. The first-order valence-corrected chi connectivity index (χ1v) is 14.3. The molecular weight excluding hydrogens is 586 g/mol. The molecule has 1 aliphatic heterocycles. The van der Waals surface area contributed by atoms with Crippen LogP contribution >= 0.6 is 15.9 Å². The van der Waals surface area contributed by atoms with Crippen LogP contribution in [0.2, 0.25) is 0 Å². The van der Waals surface area contributed by atoms with E-state index in [0.717, 1.165) is 28.7 Å². The second kappa shape index (κ2) is 9.83. The lowest BCUT2D eigenvalue weighted by molar-refractivity contribution is -0.138. The molecule has 1 N–H and O–H groups in total. The molecule has 0 radical (unpaired) electrons. The Morgan fingerprint density at radius 1 is 1.07 bits per heavy atom. The summed E-state index contributed by atoms with van der Waals surface area (Å²) < 4.78 is 2.21. The number of fused-ring (bicyclic) bond motifs is 2. The number of hydrogen-bond acceptors (Lipinski definition) is 7. The number of pyridine rings is 1. The van der Waals surface area contributed by atoms with Crippen molar-refractivity contribution in [3.05, 3.63) is 63.9 Å². The Morgan fingerprint density at radius 3 is 2.51 bits per heavy atom. The number of rotatable bonds is 6. The lowest BCUT2D eigenvalue weighted by Crippen LogP contribution is -2.47. The van der Waals surface area contributed by atoms with Crippen LogP contribution in [0, 0.1) is 26.2 Å². The molecule has 11 heteroatoms. The average molecular weight is 617 g/mol. The number of nitrogens with one attached hydrogen (secondary N) is 1. The van der Waals surface area contributed by atoms with E-state index >= 15 is 0 Å². The van der Waals surface area contributed by atoms with Crippen molar-refractivity contribution in [3.8, 4) is 11.1 Å². The van der Waals surface area contributed by atoms with E-state index in [1.54, 1.807) is 22.0 Å². The van der Waals surface area contributed by atoms with Crippen molar-refractivity contribution < 1.29 is 14.4 Å². The highest BCUT2D eigenvalue weighted by Gasteiger charge is 2.64. The van der Waals surface area contributed by atoms with Crippen LogP contribution in [0.15, 0.2) is 41.3 Å². The predicted molar refractivity (Wildman–Crippen MR) is 157 cm³/mol. The minimum Gasteiger partial charge on any atom is -0.325 e. The molecule has 10 nitrogen and oxygen atoms in total. The molecular formula is C30H30BrN7O3. The topological polar surface area (TPSA) is 123 Å². The van der Waals surface area contributed by atoms with E-state index < -0.39 is 6.04 Å². The lowest BCUT2D eigenvalue weighted by atomic mass is 9.99. The number of likely N-dealkylation sites (tertiary alicyclic amines) is 1. The second-order valence-electron chi connectivity index (χ2n) is 11.4. The molecule has 1 aromatic carbocycles. The summed E-state index contributed by atoms with van der Waals surface area (Å²) in [7, 11) is 0. The zero-order chi connectivity index (χ0) is 29.2. The Kier molecular flexibility index (Phi) is 6.52. The van der Waals surface area contributed by atoms with Crippen LogP contribution in [-0.4, -0.2) is 59.3 Å². The van der Waals surface area contributed by atoms with Crippen molar-refractivity contribution >= 4 is 50.2 Å². The second-order valence-corrected chi connectivity index (χ2v) is 12.3. The van der Waals surface area contributed by atoms with Crippen LogP contribution < -0.4 is 5.32 Å². The fourth-order valence-corrected chi connectivity index (χ4v) is 6.26. The molecule has 3 aromatic heterocycles. The van der Waals surface area contributed by atoms with E-state index in [1.165, 1.54) is 6.92 Å². The monoisotopic (exact) mass is 615 g/mol. The minimum atomic E-state index is -0.615. The van der Waals surface area contributed by atoms with Gasteiger partial charge in [-0.25, -0.2) is 15.0 Å². The van der Waals surface area contributed by atoms with Gasteiger partial charge in [0.15, 0.2) is 5.78 Å². The van der Waals surface area contributed by atoms with Gasteiger partial charge < -0.3 is 10.2 Å². The molecule has 0 spiro atoms. The number of aromatic nitrogens is 5. The van der Waals surface area contributed by atoms with Crippen LogP contribution in [0.25, 0.3) is 22.0 Å². The molecule has 0 bridgehead atoms. The van der Waals surface area contributed by atoms with Crippen molar-refractivity contribution in [1.29, 1.82) is 0 Å². The molecule has 1 aliphatic carbocycles. The fourth-order valence-electron chi connectivity index (χ4n) is 5.95. The van der Waals surface area contributed by atoms with Gasteiger partial charge >= 0.3 is 0 Å². The summed E-state index contributed by atoms with van der Waals surface area (Å²) in [5, 5.41) is 8.17. The highest BCUT2D eigenvalue weighted by atomic mass is 79.9. The molecule has 2 aliphatic rings. The zero-order valence-corrected chi connectivity index (χ0v) is 25.1. The Bertz CT molecular complexity index is 1750. The van der Waals surface area contributed by atoms with Gasteiger partial charge in [-0.1, -0.05) is 13.0 Å². The molecule has 4 aromatic rings. The maximum absolute atomic E-state index is 13.9. The van der Waals surface area contributed by atoms with Gasteiger partial charge in [0, 0.05) is 36.3 Å². The Balaban J connectivity index is 1.31. The largest absolute Gasteiger partial charge is 0.325 e. The van der Waals surface area contributed by atoms with E-state index in [9.17, 15) is 14.4 Å². The molecule has 2 fully saturated rings. The van der Waals surface area contributed by atoms with Crippen LogP contribution in [0.1, 0.15) is 54.1 Å². The third-order valence-electron chi connectivity index (χ3n) is 8.34. The SMILES string of the molecule is CC(=O)c1nn(CC(=O)N2[C@H](C(=O)Nc3nc(Br)ccc3C)C[C@@]3(C)C[C@@H]23)c2cc(C)c(-c3cnc(C)nc3)cc12. The number of piperidine rings is 1. The number of halogens is 1. The van der Waals surface area contributed by atoms with Crippen LogP contribution in [0.3, 0.4) is 0 Å². The van der Waals surface area contributed by atoms with E-state index in [2.05, 4.69) is 48.2 Å². The third-order valence-corrected chi connectivity index (χ3v) is 8.78. The summed E-state index contributed by atoms with van der Waals surface area (Å²) in [6, 6.07) is 6.92. The number of ketones is 1. The quantitative estimate of drug-likeness (QED) is 0.244. The number of anilines is 1.